The Kier molecular flexibility index (Phi) is 6.82. The average molecular weight is 479 g/mol. The molecular weight excluding hydrogens is 456 g/mol. The van der Waals surface area contributed by atoms with E-state index in [1.807, 2.05) is 6.07 Å². The highest BCUT2D eigenvalue weighted by Crippen LogP contribution is 2.39. The van der Waals surface area contributed by atoms with E-state index in [9.17, 15) is 23.5 Å². The van der Waals surface area contributed by atoms with E-state index in [-0.39, 0.29) is 17.7 Å². The highest BCUT2D eigenvalue weighted by atomic mass is 19.1. The Labute approximate surface area is 201 Å². The molecule has 35 heavy (non-hydrogen) atoms. The van der Waals surface area contributed by atoms with E-state index in [1.54, 1.807) is 12.1 Å². The Bertz CT molecular complexity index is 1290. The summed E-state index contributed by atoms with van der Waals surface area (Å²) in [5, 5.41) is 11.0. The highest BCUT2D eigenvalue weighted by Gasteiger charge is 2.45. The summed E-state index contributed by atoms with van der Waals surface area (Å²) in [7, 11) is 3.05. The molecule has 4 rings (SSSR count). The normalized spacial score (nSPS) is 17.0. The van der Waals surface area contributed by atoms with Crippen LogP contribution in [0.3, 0.4) is 0 Å². The van der Waals surface area contributed by atoms with Crippen LogP contribution in [0.5, 0.6) is 11.5 Å². The molecule has 3 aromatic rings. The van der Waals surface area contributed by atoms with Crippen LogP contribution < -0.4 is 9.47 Å². The summed E-state index contributed by atoms with van der Waals surface area (Å²) in [6.07, 6.45) is 0.377. The summed E-state index contributed by atoms with van der Waals surface area (Å²) in [6.45, 7) is 0.141. The van der Waals surface area contributed by atoms with E-state index in [0.29, 0.717) is 23.5 Å². The predicted molar refractivity (Wildman–Crippen MR) is 125 cm³/mol. The SMILES string of the molecule is COc1ccc(CCN2C(=O)C(=O)C(=C(O)c3ccc(F)cc3)[C@@H]2c2ccc(F)cc2)cc1OC. The Morgan fingerprint density at radius 1 is 0.886 bits per heavy atom. The van der Waals surface area contributed by atoms with Crippen LogP contribution in [0.2, 0.25) is 0 Å². The number of hydrogen-bond acceptors (Lipinski definition) is 5. The zero-order valence-electron chi connectivity index (χ0n) is 19.1. The van der Waals surface area contributed by atoms with E-state index in [2.05, 4.69) is 0 Å². The van der Waals surface area contributed by atoms with Gasteiger partial charge in [-0.25, -0.2) is 8.78 Å². The lowest BCUT2D eigenvalue weighted by Crippen LogP contribution is -2.31. The van der Waals surface area contributed by atoms with Crippen LogP contribution in [-0.2, 0) is 16.0 Å². The van der Waals surface area contributed by atoms with Gasteiger partial charge in [-0.15, -0.1) is 0 Å². The number of nitrogens with zero attached hydrogens (tertiary/aromatic N) is 1. The van der Waals surface area contributed by atoms with Crippen molar-refractivity contribution in [2.24, 2.45) is 0 Å². The Morgan fingerprint density at radius 2 is 1.49 bits per heavy atom. The molecule has 1 N–H and O–H groups in total. The van der Waals surface area contributed by atoms with Crippen molar-refractivity contribution in [3.8, 4) is 11.5 Å². The topological polar surface area (TPSA) is 76.1 Å². The first-order valence-electron chi connectivity index (χ1n) is 10.8. The minimum Gasteiger partial charge on any atom is -0.507 e. The molecule has 0 saturated carbocycles. The number of methoxy groups -OCH3 is 2. The summed E-state index contributed by atoms with van der Waals surface area (Å²) in [5.74, 6) is -1.98. The third kappa shape index (κ3) is 4.73. The van der Waals surface area contributed by atoms with Crippen molar-refractivity contribution >= 4 is 17.4 Å². The number of rotatable bonds is 7. The molecule has 0 spiro atoms. The quantitative estimate of drug-likeness (QED) is 0.303. The molecule has 0 bridgehead atoms. The van der Waals surface area contributed by atoms with E-state index in [1.165, 1.54) is 55.5 Å². The van der Waals surface area contributed by atoms with Crippen molar-refractivity contribution in [1.29, 1.82) is 0 Å². The number of benzene rings is 3. The van der Waals surface area contributed by atoms with Crippen LogP contribution in [0.1, 0.15) is 22.7 Å². The number of ether oxygens (including phenoxy) is 2. The number of ketones is 1. The molecule has 3 aromatic carbocycles. The van der Waals surface area contributed by atoms with Gasteiger partial charge in [0.25, 0.3) is 11.7 Å². The fraction of sp³-hybridized carbons (Fsp3) is 0.185. The van der Waals surface area contributed by atoms with Crippen molar-refractivity contribution in [1.82, 2.24) is 4.90 Å². The number of amides is 1. The van der Waals surface area contributed by atoms with Gasteiger partial charge >= 0.3 is 0 Å². The molecule has 0 radical (unpaired) electrons. The van der Waals surface area contributed by atoms with E-state index in [4.69, 9.17) is 9.47 Å². The summed E-state index contributed by atoms with van der Waals surface area (Å²) >= 11 is 0. The summed E-state index contributed by atoms with van der Waals surface area (Å²) in [5.41, 5.74) is 1.35. The third-order valence-corrected chi connectivity index (χ3v) is 5.93. The second kappa shape index (κ2) is 9.97. The van der Waals surface area contributed by atoms with Crippen LogP contribution in [-0.4, -0.2) is 42.5 Å². The Balaban J connectivity index is 1.73. The van der Waals surface area contributed by atoms with Crippen molar-refractivity contribution in [2.45, 2.75) is 12.5 Å². The van der Waals surface area contributed by atoms with Gasteiger partial charge in [-0.1, -0.05) is 18.2 Å². The molecule has 1 atom stereocenters. The lowest BCUT2D eigenvalue weighted by Gasteiger charge is -2.25. The van der Waals surface area contributed by atoms with E-state index in [0.717, 1.165) is 17.7 Å². The second-order valence-corrected chi connectivity index (χ2v) is 7.99. The predicted octanol–water partition coefficient (Wildman–Crippen LogP) is 4.65. The summed E-state index contributed by atoms with van der Waals surface area (Å²) in [6, 6.07) is 14.7. The van der Waals surface area contributed by atoms with Crippen LogP contribution in [0.25, 0.3) is 5.76 Å². The number of carbonyl (C=O) groups excluding carboxylic acids is 2. The minimum absolute atomic E-state index is 0.138. The van der Waals surface area contributed by atoms with Gasteiger partial charge in [0.05, 0.1) is 25.8 Å². The molecule has 1 heterocycles. The number of likely N-dealkylation sites (tertiary alicyclic amines) is 1. The van der Waals surface area contributed by atoms with Gasteiger partial charge in [-0.2, -0.15) is 0 Å². The maximum atomic E-state index is 13.6. The number of halogens is 2. The molecule has 8 heteroatoms. The minimum atomic E-state index is -0.944. The summed E-state index contributed by atoms with van der Waals surface area (Å²) < 4.78 is 37.6. The second-order valence-electron chi connectivity index (χ2n) is 7.99. The molecule has 1 saturated heterocycles. The highest BCUT2D eigenvalue weighted by molar-refractivity contribution is 6.46. The maximum absolute atomic E-state index is 13.6. The van der Waals surface area contributed by atoms with Crippen molar-refractivity contribution in [3.05, 3.63) is 101 Å². The first-order chi connectivity index (χ1) is 16.8. The Morgan fingerprint density at radius 3 is 2.09 bits per heavy atom. The van der Waals surface area contributed by atoms with Crippen LogP contribution in [0.4, 0.5) is 8.78 Å². The Hall–Kier alpha value is -4.20. The number of Topliss-reactive ketones (excluding diaryl/α,β-unsaturated/α-hetero) is 1. The van der Waals surface area contributed by atoms with E-state index >= 15 is 0 Å². The summed E-state index contributed by atoms with van der Waals surface area (Å²) in [4.78, 5) is 27.5. The standard InChI is InChI=1S/C27H23F2NO5/c1-34-21-12-3-16(15-22(21)35-2)13-14-30-24(17-4-8-19(28)9-5-17)23(26(32)27(30)33)25(31)18-6-10-20(29)11-7-18/h3-12,15,24,31H,13-14H2,1-2H3/t24-/m0/s1. The third-order valence-electron chi connectivity index (χ3n) is 5.93. The molecule has 180 valence electrons. The van der Waals surface area contributed by atoms with Crippen LogP contribution in [0, 0.1) is 11.6 Å². The molecule has 1 aliphatic heterocycles. The van der Waals surface area contributed by atoms with E-state index < -0.39 is 35.1 Å². The molecule has 0 unspecified atom stereocenters. The zero-order chi connectivity index (χ0) is 25.1. The largest absolute Gasteiger partial charge is 0.507 e. The molecule has 6 nitrogen and oxygen atoms in total. The average Bonchev–Trinajstić information content (AvgIpc) is 3.12. The first-order valence-corrected chi connectivity index (χ1v) is 10.8. The lowest BCUT2D eigenvalue weighted by molar-refractivity contribution is -0.139. The van der Waals surface area contributed by atoms with Crippen molar-refractivity contribution in [2.75, 3.05) is 20.8 Å². The van der Waals surface area contributed by atoms with Gasteiger partial charge in [0.2, 0.25) is 0 Å². The van der Waals surface area contributed by atoms with Crippen LogP contribution in [0.15, 0.2) is 72.3 Å². The molecule has 1 fully saturated rings. The van der Waals surface area contributed by atoms with Crippen LogP contribution >= 0.6 is 0 Å². The molecular formula is C27H23F2NO5. The van der Waals surface area contributed by atoms with Gasteiger partial charge in [0.15, 0.2) is 11.5 Å². The molecule has 1 amide bonds. The maximum Gasteiger partial charge on any atom is 0.295 e. The monoisotopic (exact) mass is 479 g/mol. The van der Waals surface area contributed by atoms with Gasteiger partial charge in [0.1, 0.15) is 17.4 Å². The zero-order valence-corrected chi connectivity index (χ0v) is 19.1. The van der Waals surface area contributed by atoms with Gasteiger partial charge in [-0.3, -0.25) is 9.59 Å². The molecule has 0 aromatic heterocycles. The van der Waals surface area contributed by atoms with Gasteiger partial charge < -0.3 is 19.5 Å². The van der Waals surface area contributed by atoms with Gasteiger partial charge in [0, 0.05) is 12.1 Å². The number of carbonyl (C=O) groups is 2. The number of aliphatic hydroxyl groups excluding tert-OH is 1. The number of aliphatic hydroxyl groups is 1. The van der Waals surface area contributed by atoms with Crippen molar-refractivity contribution in [3.63, 3.8) is 0 Å². The molecule has 0 aliphatic carbocycles. The first kappa shape index (κ1) is 23.9. The number of hydrogen-bond donors (Lipinski definition) is 1. The van der Waals surface area contributed by atoms with Crippen molar-refractivity contribution < 1.29 is 33.0 Å². The fourth-order valence-corrected chi connectivity index (χ4v) is 4.15. The lowest BCUT2D eigenvalue weighted by atomic mass is 9.95. The fourth-order valence-electron chi connectivity index (χ4n) is 4.15. The van der Waals surface area contributed by atoms with Gasteiger partial charge in [-0.05, 0) is 66.1 Å². The molecule has 1 aliphatic rings. The smallest absolute Gasteiger partial charge is 0.295 e.